The van der Waals surface area contributed by atoms with E-state index in [1.165, 1.54) is 5.56 Å². The van der Waals surface area contributed by atoms with Gasteiger partial charge in [-0.25, -0.2) is 0 Å². The van der Waals surface area contributed by atoms with Crippen molar-refractivity contribution in [2.75, 3.05) is 53.5 Å². The van der Waals surface area contributed by atoms with Crippen LogP contribution in [0.4, 0.5) is 0 Å². The van der Waals surface area contributed by atoms with E-state index in [1.807, 2.05) is 32.4 Å². The van der Waals surface area contributed by atoms with Gasteiger partial charge in [0.1, 0.15) is 0 Å². The van der Waals surface area contributed by atoms with Gasteiger partial charge in [0.25, 0.3) is 0 Å². The van der Waals surface area contributed by atoms with Crippen LogP contribution in [0.15, 0.2) is 24.5 Å². The minimum Gasteiger partial charge on any atom is -0.379 e. The van der Waals surface area contributed by atoms with Gasteiger partial charge in [-0.2, -0.15) is 0 Å². The van der Waals surface area contributed by atoms with Gasteiger partial charge < -0.3 is 15.4 Å². The third-order valence-electron chi connectivity index (χ3n) is 2.89. The van der Waals surface area contributed by atoms with Crippen molar-refractivity contribution in [2.45, 2.75) is 6.54 Å². The van der Waals surface area contributed by atoms with E-state index in [2.05, 4.69) is 20.5 Å². The Morgan fingerprint density at radius 3 is 2.63 bits per heavy atom. The largest absolute Gasteiger partial charge is 0.379 e. The molecule has 0 aromatic carbocycles. The summed E-state index contributed by atoms with van der Waals surface area (Å²) in [6.07, 6.45) is 3.63. The van der Waals surface area contributed by atoms with Gasteiger partial charge in [-0.3, -0.25) is 9.88 Å². The fraction of sp³-hybridized carbons (Fsp3) is 0.643. The highest BCUT2D eigenvalue weighted by Crippen LogP contribution is 1.94. The first-order valence-electron chi connectivity index (χ1n) is 6.85. The topological polar surface area (TPSA) is 49.4 Å². The summed E-state index contributed by atoms with van der Waals surface area (Å²) in [7, 11) is 3.91. The van der Waals surface area contributed by atoms with E-state index in [9.17, 15) is 0 Å². The highest BCUT2D eigenvalue weighted by atomic mass is 16.5. The molecule has 2 rings (SSSR count). The summed E-state index contributed by atoms with van der Waals surface area (Å²) in [6.45, 7) is 7.14. The number of rotatable bonds is 5. The Balaban J connectivity index is 0.000000191. The average Bonchev–Trinajstić information content (AvgIpc) is 2.48. The predicted molar refractivity (Wildman–Crippen MR) is 78.2 cm³/mol. The second-order valence-electron chi connectivity index (χ2n) is 4.45. The zero-order valence-electron chi connectivity index (χ0n) is 12.1. The van der Waals surface area contributed by atoms with Crippen molar-refractivity contribution >= 4 is 0 Å². The van der Waals surface area contributed by atoms with Crippen molar-refractivity contribution in [1.29, 1.82) is 0 Å². The minimum atomic E-state index is 0.897. The normalized spacial score (nSPS) is 15.7. The molecule has 0 bridgehead atoms. The Bertz CT molecular complexity index is 302. The Morgan fingerprint density at radius 1 is 1.26 bits per heavy atom. The molecule has 0 radical (unpaired) electrons. The lowest BCUT2D eigenvalue weighted by Crippen LogP contribution is -2.39. The van der Waals surface area contributed by atoms with Crippen molar-refractivity contribution in [3.05, 3.63) is 30.1 Å². The van der Waals surface area contributed by atoms with Crippen LogP contribution in [0.1, 0.15) is 5.56 Å². The molecule has 0 atom stereocenters. The quantitative estimate of drug-likeness (QED) is 0.805. The minimum absolute atomic E-state index is 0.897. The first kappa shape index (κ1) is 16.0. The molecule has 0 spiro atoms. The number of likely N-dealkylation sites (N-methyl/N-ethyl adjacent to an activating group) is 1. The third-order valence-corrected chi connectivity index (χ3v) is 2.89. The van der Waals surface area contributed by atoms with E-state index in [4.69, 9.17) is 4.74 Å². The van der Waals surface area contributed by atoms with E-state index in [-0.39, 0.29) is 0 Å². The summed E-state index contributed by atoms with van der Waals surface area (Å²) in [5.74, 6) is 0. The molecule has 0 unspecified atom stereocenters. The summed E-state index contributed by atoms with van der Waals surface area (Å²) in [5.41, 5.74) is 1.22. The molecule has 0 aliphatic carbocycles. The smallest absolute Gasteiger partial charge is 0.0594 e. The van der Waals surface area contributed by atoms with Crippen LogP contribution in [0.2, 0.25) is 0 Å². The standard InChI is InChI=1S/C7H16N2O.C7H10N2/c1-8-2-3-9-4-6-10-7-5-9;1-8-5-7-3-2-4-9-6-7/h8H,2-7H2,1H3;2-4,6,8H,5H2,1H3. The molecule has 1 fully saturated rings. The maximum atomic E-state index is 5.22. The van der Waals surface area contributed by atoms with Gasteiger partial charge in [0.05, 0.1) is 13.2 Å². The zero-order valence-corrected chi connectivity index (χ0v) is 12.1. The molecule has 1 aromatic rings. The number of morpholine rings is 1. The molecule has 1 aliphatic heterocycles. The summed E-state index contributed by atoms with van der Waals surface area (Å²) in [6, 6.07) is 3.98. The van der Waals surface area contributed by atoms with E-state index in [1.54, 1.807) is 6.20 Å². The van der Waals surface area contributed by atoms with E-state index >= 15 is 0 Å². The van der Waals surface area contributed by atoms with Crippen molar-refractivity contribution in [3.8, 4) is 0 Å². The van der Waals surface area contributed by atoms with Gasteiger partial charge in [0.15, 0.2) is 0 Å². The molecule has 0 amide bonds. The maximum Gasteiger partial charge on any atom is 0.0594 e. The maximum absolute atomic E-state index is 5.22. The lowest BCUT2D eigenvalue weighted by molar-refractivity contribution is 0.0386. The number of hydrogen-bond donors (Lipinski definition) is 2. The first-order valence-corrected chi connectivity index (χ1v) is 6.85. The van der Waals surface area contributed by atoms with E-state index < -0.39 is 0 Å². The monoisotopic (exact) mass is 266 g/mol. The van der Waals surface area contributed by atoms with Gasteiger partial charge in [0, 0.05) is 45.1 Å². The molecule has 0 saturated carbocycles. The molecule has 19 heavy (non-hydrogen) atoms. The van der Waals surface area contributed by atoms with Gasteiger partial charge in [-0.1, -0.05) is 6.07 Å². The Kier molecular flexibility index (Phi) is 9.18. The molecule has 1 saturated heterocycles. The van der Waals surface area contributed by atoms with E-state index in [0.717, 1.165) is 45.9 Å². The van der Waals surface area contributed by atoms with Gasteiger partial charge in [0.2, 0.25) is 0 Å². The fourth-order valence-electron chi connectivity index (χ4n) is 1.80. The number of nitrogens with one attached hydrogen (secondary N) is 2. The van der Waals surface area contributed by atoms with Crippen LogP contribution in [0.5, 0.6) is 0 Å². The van der Waals surface area contributed by atoms with Crippen LogP contribution >= 0.6 is 0 Å². The Morgan fingerprint density at radius 2 is 2.05 bits per heavy atom. The molecule has 2 N–H and O–H groups in total. The number of ether oxygens (including phenoxy) is 1. The van der Waals surface area contributed by atoms with Crippen molar-refractivity contribution < 1.29 is 4.74 Å². The van der Waals surface area contributed by atoms with Gasteiger partial charge in [-0.05, 0) is 25.7 Å². The van der Waals surface area contributed by atoms with Crippen LogP contribution in [0.3, 0.4) is 0 Å². The van der Waals surface area contributed by atoms with Gasteiger partial charge in [-0.15, -0.1) is 0 Å². The average molecular weight is 266 g/mol. The van der Waals surface area contributed by atoms with Crippen molar-refractivity contribution in [2.24, 2.45) is 0 Å². The highest BCUT2D eigenvalue weighted by molar-refractivity contribution is 5.07. The SMILES string of the molecule is CNCCN1CCOCC1.CNCc1cccnc1. The van der Waals surface area contributed by atoms with E-state index in [0.29, 0.717) is 0 Å². The zero-order chi connectivity index (χ0) is 13.8. The van der Waals surface area contributed by atoms with Crippen LogP contribution < -0.4 is 10.6 Å². The Hall–Kier alpha value is -1.01. The molecule has 5 nitrogen and oxygen atoms in total. The number of aromatic nitrogens is 1. The number of nitrogens with zero attached hydrogens (tertiary/aromatic N) is 2. The van der Waals surface area contributed by atoms with Crippen LogP contribution in [-0.4, -0.2) is 63.4 Å². The lowest BCUT2D eigenvalue weighted by atomic mass is 10.3. The second kappa shape index (κ2) is 10.9. The summed E-state index contributed by atoms with van der Waals surface area (Å²) in [5, 5.41) is 6.18. The third kappa shape index (κ3) is 7.89. The molecular weight excluding hydrogens is 240 g/mol. The Labute approximate surface area is 116 Å². The molecule has 1 aliphatic rings. The molecular formula is C14H26N4O. The number of pyridine rings is 1. The number of hydrogen-bond acceptors (Lipinski definition) is 5. The molecule has 1 aromatic heterocycles. The molecule has 108 valence electrons. The summed E-state index contributed by atoms with van der Waals surface area (Å²) < 4.78 is 5.22. The highest BCUT2D eigenvalue weighted by Gasteiger charge is 2.07. The van der Waals surface area contributed by atoms with Crippen LogP contribution in [0, 0.1) is 0 Å². The predicted octanol–water partition coefficient (Wildman–Crippen LogP) is 0.339. The summed E-state index contributed by atoms with van der Waals surface area (Å²) >= 11 is 0. The van der Waals surface area contributed by atoms with Crippen LogP contribution in [-0.2, 0) is 11.3 Å². The summed E-state index contributed by atoms with van der Waals surface area (Å²) in [4.78, 5) is 6.38. The molecule has 2 heterocycles. The van der Waals surface area contributed by atoms with Crippen LogP contribution in [0.25, 0.3) is 0 Å². The fourth-order valence-corrected chi connectivity index (χ4v) is 1.80. The van der Waals surface area contributed by atoms with Crippen molar-refractivity contribution in [3.63, 3.8) is 0 Å². The van der Waals surface area contributed by atoms with Crippen molar-refractivity contribution in [1.82, 2.24) is 20.5 Å². The first-order chi connectivity index (χ1) is 9.36. The van der Waals surface area contributed by atoms with Gasteiger partial charge >= 0.3 is 0 Å². The lowest BCUT2D eigenvalue weighted by Gasteiger charge is -2.26. The molecule has 5 heteroatoms. The second-order valence-corrected chi connectivity index (χ2v) is 4.45.